The molecule has 3 N–H and O–H groups in total. The Hall–Kier alpha value is -2.86. The van der Waals surface area contributed by atoms with E-state index in [-0.39, 0.29) is 11.9 Å². The SMILES string of the molecule is C[C@H](CN)NC(=O)c1ccc2c(-c3ccc(C(F)(F)F)cc3)cccc2c1. The van der Waals surface area contributed by atoms with Crippen LogP contribution in [0.5, 0.6) is 0 Å². The van der Waals surface area contributed by atoms with E-state index in [2.05, 4.69) is 5.32 Å². The van der Waals surface area contributed by atoms with E-state index in [0.29, 0.717) is 17.7 Å². The molecule has 3 aromatic carbocycles. The summed E-state index contributed by atoms with van der Waals surface area (Å²) in [5, 5.41) is 4.50. The number of nitrogens with one attached hydrogen (secondary N) is 1. The molecule has 3 aromatic rings. The van der Waals surface area contributed by atoms with Crippen LogP contribution in [0, 0.1) is 0 Å². The third kappa shape index (κ3) is 4.11. The van der Waals surface area contributed by atoms with Crippen molar-refractivity contribution < 1.29 is 18.0 Å². The molecule has 0 bridgehead atoms. The lowest BCUT2D eigenvalue weighted by Gasteiger charge is -2.13. The first-order valence-electron chi connectivity index (χ1n) is 8.51. The third-order valence-corrected chi connectivity index (χ3v) is 4.40. The highest BCUT2D eigenvalue weighted by atomic mass is 19.4. The number of halogens is 3. The second-order valence-corrected chi connectivity index (χ2v) is 6.43. The van der Waals surface area contributed by atoms with Gasteiger partial charge in [-0.25, -0.2) is 0 Å². The zero-order valence-electron chi connectivity index (χ0n) is 14.7. The minimum absolute atomic E-state index is 0.133. The maximum absolute atomic E-state index is 12.8. The topological polar surface area (TPSA) is 55.1 Å². The van der Waals surface area contributed by atoms with Crippen molar-refractivity contribution in [1.29, 1.82) is 0 Å². The highest BCUT2D eigenvalue weighted by Gasteiger charge is 2.30. The van der Waals surface area contributed by atoms with Gasteiger partial charge in [-0.15, -0.1) is 0 Å². The Morgan fingerprint density at radius 1 is 1.07 bits per heavy atom. The average Bonchev–Trinajstić information content (AvgIpc) is 2.66. The van der Waals surface area contributed by atoms with E-state index >= 15 is 0 Å². The lowest BCUT2D eigenvalue weighted by atomic mass is 9.96. The van der Waals surface area contributed by atoms with Crippen molar-refractivity contribution in [2.24, 2.45) is 5.73 Å². The van der Waals surface area contributed by atoms with Crippen LogP contribution < -0.4 is 11.1 Å². The van der Waals surface area contributed by atoms with Crippen molar-refractivity contribution in [3.8, 4) is 11.1 Å². The highest BCUT2D eigenvalue weighted by molar-refractivity contribution is 6.02. The number of rotatable bonds is 4. The Balaban J connectivity index is 1.97. The van der Waals surface area contributed by atoms with Gasteiger partial charge in [-0.05, 0) is 53.1 Å². The number of hydrogen-bond donors (Lipinski definition) is 2. The molecule has 3 nitrogen and oxygen atoms in total. The van der Waals surface area contributed by atoms with E-state index in [1.54, 1.807) is 12.1 Å². The van der Waals surface area contributed by atoms with Gasteiger partial charge in [0.15, 0.2) is 0 Å². The van der Waals surface area contributed by atoms with Gasteiger partial charge in [0.05, 0.1) is 5.56 Å². The molecule has 0 fully saturated rings. The molecule has 0 radical (unpaired) electrons. The molecule has 0 saturated heterocycles. The summed E-state index contributed by atoms with van der Waals surface area (Å²) in [7, 11) is 0. The molecule has 0 spiro atoms. The van der Waals surface area contributed by atoms with Gasteiger partial charge in [0.25, 0.3) is 5.91 Å². The number of amides is 1. The van der Waals surface area contributed by atoms with Crippen LogP contribution in [0.25, 0.3) is 21.9 Å². The molecule has 0 unspecified atom stereocenters. The molecule has 0 aliphatic rings. The molecular formula is C21H19F3N2O. The Labute approximate surface area is 155 Å². The summed E-state index contributed by atoms with van der Waals surface area (Å²) in [4.78, 5) is 12.3. The van der Waals surface area contributed by atoms with Gasteiger partial charge in [-0.3, -0.25) is 4.79 Å². The number of carbonyl (C=O) groups is 1. The lowest BCUT2D eigenvalue weighted by molar-refractivity contribution is -0.137. The van der Waals surface area contributed by atoms with Gasteiger partial charge in [0, 0.05) is 18.2 Å². The molecule has 0 heterocycles. The summed E-state index contributed by atoms with van der Waals surface area (Å²) in [5.41, 5.74) is 6.84. The largest absolute Gasteiger partial charge is 0.416 e. The lowest BCUT2D eigenvalue weighted by Crippen LogP contribution is -2.37. The number of carbonyl (C=O) groups excluding carboxylic acids is 1. The van der Waals surface area contributed by atoms with Crippen molar-refractivity contribution in [2.45, 2.75) is 19.1 Å². The highest BCUT2D eigenvalue weighted by Crippen LogP contribution is 2.33. The van der Waals surface area contributed by atoms with Gasteiger partial charge in [-0.2, -0.15) is 13.2 Å². The van der Waals surface area contributed by atoms with Gasteiger partial charge in [0.2, 0.25) is 0 Å². The fourth-order valence-electron chi connectivity index (χ4n) is 2.88. The number of alkyl halides is 3. The van der Waals surface area contributed by atoms with Crippen molar-refractivity contribution in [3.63, 3.8) is 0 Å². The molecule has 1 amide bonds. The third-order valence-electron chi connectivity index (χ3n) is 4.40. The van der Waals surface area contributed by atoms with Crippen LogP contribution in [0.15, 0.2) is 60.7 Å². The molecule has 0 aliphatic heterocycles. The van der Waals surface area contributed by atoms with Crippen LogP contribution in [0.1, 0.15) is 22.8 Å². The fraction of sp³-hybridized carbons (Fsp3) is 0.190. The molecule has 140 valence electrons. The maximum atomic E-state index is 12.8. The molecule has 1 atom stereocenters. The summed E-state index contributed by atoms with van der Waals surface area (Å²) < 4.78 is 38.3. The van der Waals surface area contributed by atoms with E-state index in [0.717, 1.165) is 28.5 Å². The summed E-state index contributed by atoms with van der Waals surface area (Å²) in [6.07, 6.45) is -4.36. The Morgan fingerprint density at radius 2 is 1.78 bits per heavy atom. The average molecular weight is 372 g/mol. The number of nitrogens with two attached hydrogens (primary N) is 1. The second kappa shape index (κ2) is 7.40. The number of benzene rings is 3. The van der Waals surface area contributed by atoms with Gasteiger partial charge in [0.1, 0.15) is 0 Å². The Morgan fingerprint density at radius 3 is 2.41 bits per heavy atom. The van der Waals surface area contributed by atoms with Gasteiger partial charge < -0.3 is 11.1 Å². The Bertz CT molecular complexity index is 965. The Kier molecular flexibility index (Phi) is 5.19. The quantitative estimate of drug-likeness (QED) is 0.703. The predicted octanol–water partition coefficient (Wildman–Crippen LogP) is 4.60. The molecule has 3 rings (SSSR count). The predicted molar refractivity (Wildman–Crippen MR) is 100 cm³/mol. The summed E-state index contributed by atoms with van der Waals surface area (Å²) in [5.74, 6) is -0.213. The van der Waals surface area contributed by atoms with E-state index in [1.165, 1.54) is 12.1 Å². The van der Waals surface area contributed by atoms with E-state index < -0.39 is 11.7 Å². The van der Waals surface area contributed by atoms with Crippen LogP contribution in [0.3, 0.4) is 0 Å². The summed E-state index contributed by atoms with van der Waals surface area (Å²) in [6, 6.07) is 15.7. The minimum atomic E-state index is -4.36. The molecular weight excluding hydrogens is 353 g/mol. The first-order chi connectivity index (χ1) is 12.8. The number of hydrogen-bond acceptors (Lipinski definition) is 2. The zero-order chi connectivity index (χ0) is 19.6. The van der Waals surface area contributed by atoms with E-state index in [1.807, 2.05) is 31.2 Å². The summed E-state index contributed by atoms with van der Waals surface area (Å²) >= 11 is 0. The van der Waals surface area contributed by atoms with Gasteiger partial charge in [-0.1, -0.05) is 36.4 Å². The van der Waals surface area contributed by atoms with Crippen molar-refractivity contribution in [1.82, 2.24) is 5.32 Å². The zero-order valence-corrected chi connectivity index (χ0v) is 14.7. The standard InChI is InChI=1S/C21H19F3N2O/c1-13(12-25)26-20(27)16-7-10-19-15(11-16)3-2-4-18(19)14-5-8-17(9-6-14)21(22,23)24/h2-11,13H,12,25H2,1H3,(H,26,27)/t13-/m1/s1. The molecule has 27 heavy (non-hydrogen) atoms. The first-order valence-corrected chi connectivity index (χ1v) is 8.51. The van der Waals surface area contributed by atoms with Gasteiger partial charge >= 0.3 is 6.18 Å². The molecule has 6 heteroatoms. The smallest absolute Gasteiger partial charge is 0.348 e. The summed E-state index contributed by atoms with van der Waals surface area (Å²) in [6.45, 7) is 2.17. The van der Waals surface area contributed by atoms with Crippen LogP contribution in [-0.4, -0.2) is 18.5 Å². The van der Waals surface area contributed by atoms with E-state index in [9.17, 15) is 18.0 Å². The van der Waals surface area contributed by atoms with E-state index in [4.69, 9.17) is 5.73 Å². The van der Waals surface area contributed by atoms with Crippen molar-refractivity contribution in [3.05, 3.63) is 71.8 Å². The second-order valence-electron chi connectivity index (χ2n) is 6.43. The van der Waals surface area contributed by atoms with Crippen LogP contribution in [0.2, 0.25) is 0 Å². The maximum Gasteiger partial charge on any atom is 0.416 e. The minimum Gasteiger partial charge on any atom is -0.348 e. The molecule has 0 aliphatic carbocycles. The monoisotopic (exact) mass is 372 g/mol. The molecule has 0 saturated carbocycles. The number of fused-ring (bicyclic) bond motifs is 1. The fourth-order valence-corrected chi connectivity index (χ4v) is 2.88. The van der Waals surface area contributed by atoms with Crippen LogP contribution in [0.4, 0.5) is 13.2 Å². The van der Waals surface area contributed by atoms with Crippen molar-refractivity contribution in [2.75, 3.05) is 6.54 Å². The van der Waals surface area contributed by atoms with Crippen LogP contribution >= 0.6 is 0 Å². The first kappa shape index (κ1) is 18.9. The van der Waals surface area contributed by atoms with Crippen LogP contribution in [-0.2, 0) is 6.18 Å². The van der Waals surface area contributed by atoms with Crippen molar-refractivity contribution >= 4 is 16.7 Å². The normalized spacial score (nSPS) is 12.8. The molecule has 0 aromatic heterocycles.